The summed E-state index contributed by atoms with van der Waals surface area (Å²) >= 11 is 6.11. The molecule has 0 spiro atoms. The van der Waals surface area contributed by atoms with Crippen LogP contribution in [0.5, 0.6) is 5.88 Å². The van der Waals surface area contributed by atoms with Crippen molar-refractivity contribution in [1.29, 1.82) is 0 Å². The van der Waals surface area contributed by atoms with Crippen molar-refractivity contribution in [2.45, 2.75) is 37.1 Å². The van der Waals surface area contributed by atoms with E-state index in [1.807, 2.05) is 0 Å². The maximum absolute atomic E-state index is 13.2. The summed E-state index contributed by atoms with van der Waals surface area (Å²) in [5.41, 5.74) is 5.88. The van der Waals surface area contributed by atoms with Crippen molar-refractivity contribution in [3.8, 4) is 5.88 Å². The summed E-state index contributed by atoms with van der Waals surface area (Å²) in [6.45, 7) is 0. The normalized spacial score (nSPS) is 21.6. The molecular weight excluding hydrogens is 262 g/mol. The number of rotatable bonds is 2. The predicted octanol–water partition coefficient (Wildman–Crippen LogP) is 3.11. The molecule has 100 valence electrons. The molecule has 1 fully saturated rings. The van der Waals surface area contributed by atoms with Crippen molar-refractivity contribution in [2.24, 2.45) is 5.73 Å². The van der Waals surface area contributed by atoms with Gasteiger partial charge in [-0.15, -0.1) is 0 Å². The van der Waals surface area contributed by atoms with E-state index in [0.717, 1.165) is 0 Å². The Bertz CT molecular complexity index is 444. The molecule has 0 unspecified atom stereocenters. The Morgan fingerprint density at radius 1 is 1.33 bits per heavy atom. The Kier molecular flexibility index (Phi) is 3.47. The second-order valence-electron chi connectivity index (χ2n) is 4.69. The SMILES string of the molecule is COc1nccc(Cl)c1C1(N)CCC(F)(F)CC1. The number of hydrogen-bond donors (Lipinski definition) is 1. The lowest BCUT2D eigenvalue weighted by molar-refractivity contribution is -0.0517. The number of aromatic nitrogens is 1. The average molecular weight is 277 g/mol. The number of nitrogens with two attached hydrogens (primary N) is 1. The molecular formula is C12H15ClF2N2O. The molecule has 2 rings (SSSR count). The number of alkyl halides is 2. The van der Waals surface area contributed by atoms with Crippen LogP contribution in [-0.2, 0) is 5.54 Å². The van der Waals surface area contributed by atoms with Gasteiger partial charge in [0.2, 0.25) is 11.8 Å². The molecule has 1 aromatic rings. The minimum absolute atomic E-state index is 0.168. The third kappa shape index (κ3) is 2.42. The van der Waals surface area contributed by atoms with Crippen LogP contribution < -0.4 is 10.5 Å². The van der Waals surface area contributed by atoms with E-state index in [9.17, 15) is 8.78 Å². The third-order valence-electron chi connectivity index (χ3n) is 3.43. The van der Waals surface area contributed by atoms with Crippen molar-refractivity contribution in [2.75, 3.05) is 7.11 Å². The molecule has 0 amide bonds. The number of methoxy groups -OCH3 is 1. The van der Waals surface area contributed by atoms with E-state index in [0.29, 0.717) is 16.5 Å². The Labute approximate surface area is 109 Å². The van der Waals surface area contributed by atoms with Crippen molar-refractivity contribution < 1.29 is 13.5 Å². The highest BCUT2D eigenvalue weighted by Gasteiger charge is 2.44. The van der Waals surface area contributed by atoms with Gasteiger partial charge in [-0.25, -0.2) is 13.8 Å². The minimum Gasteiger partial charge on any atom is -0.481 e. The Morgan fingerprint density at radius 3 is 2.50 bits per heavy atom. The van der Waals surface area contributed by atoms with E-state index in [4.69, 9.17) is 22.1 Å². The molecule has 0 atom stereocenters. The lowest BCUT2D eigenvalue weighted by Crippen LogP contribution is -2.44. The zero-order valence-corrected chi connectivity index (χ0v) is 10.8. The fraction of sp³-hybridized carbons (Fsp3) is 0.583. The van der Waals surface area contributed by atoms with Crippen molar-refractivity contribution in [3.05, 3.63) is 22.8 Å². The fourth-order valence-corrected chi connectivity index (χ4v) is 2.66. The second kappa shape index (κ2) is 4.63. The topological polar surface area (TPSA) is 48.1 Å². The first-order valence-corrected chi connectivity index (χ1v) is 6.11. The van der Waals surface area contributed by atoms with Crippen LogP contribution in [0.2, 0.25) is 5.02 Å². The van der Waals surface area contributed by atoms with Gasteiger partial charge in [-0.2, -0.15) is 0 Å². The lowest BCUT2D eigenvalue weighted by atomic mass is 9.76. The number of pyridine rings is 1. The first kappa shape index (κ1) is 13.5. The molecule has 6 heteroatoms. The molecule has 1 saturated carbocycles. The first-order chi connectivity index (χ1) is 8.38. The summed E-state index contributed by atoms with van der Waals surface area (Å²) in [7, 11) is 1.46. The van der Waals surface area contributed by atoms with Crippen LogP contribution in [-0.4, -0.2) is 18.0 Å². The lowest BCUT2D eigenvalue weighted by Gasteiger charge is -2.38. The van der Waals surface area contributed by atoms with Gasteiger partial charge in [0.15, 0.2) is 0 Å². The molecule has 2 N–H and O–H groups in total. The van der Waals surface area contributed by atoms with Crippen LogP contribution in [0.4, 0.5) is 8.78 Å². The summed E-state index contributed by atoms with van der Waals surface area (Å²) in [5.74, 6) is -2.32. The third-order valence-corrected chi connectivity index (χ3v) is 3.75. The molecule has 1 aliphatic rings. The van der Waals surface area contributed by atoms with Gasteiger partial charge in [-0.05, 0) is 18.9 Å². The van der Waals surface area contributed by atoms with Gasteiger partial charge in [0, 0.05) is 24.6 Å². The van der Waals surface area contributed by atoms with Crippen molar-refractivity contribution in [3.63, 3.8) is 0 Å². The zero-order valence-electron chi connectivity index (χ0n) is 10.0. The van der Waals surface area contributed by atoms with E-state index in [2.05, 4.69) is 4.98 Å². The highest BCUT2D eigenvalue weighted by molar-refractivity contribution is 6.31. The van der Waals surface area contributed by atoms with Crippen molar-refractivity contribution >= 4 is 11.6 Å². The summed E-state index contributed by atoms with van der Waals surface area (Å²) in [6.07, 6.45) is 1.37. The Morgan fingerprint density at radius 2 is 1.94 bits per heavy atom. The maximum atomic E-state index is 13.2. The summed E-state index contributed by atoms with van der Waals surface area (Å²) in [6, 6.07) is 1.60. The highest BCUT2D eigenvalue weighted by atomic mass is 35.5. The van der Waals surface area contributed by atoms with Gasteiger partial charge in [0.1, 0.15) is 0 Å². The van der Waals surface area contributed by atoms with E-state index in [1.165, 1.54) is 13.3 Å². The van der Waals surface area contributed by atoms with Crippen LogP contribution in [0.1, 0.15) is 31.2 Å². The monoisotopic (exact) mass is 276 g/mol. The molecule has 0 aliphatic heterocycles. The standard InChI is InChI=1S/C12H15ClF2N2O/c1-18-10-9(8(13)2-7-17-10)11(16)3-5-12(14,15)6-4-11/h2,7H,3-6,16H2,1H3. The minimum atomic E-state index is -2.63. The zero-order chi connectivity index (χ0) is 13.4. The van der Waals surface area contributed by atoms with Crippen LogP contribution in [0.25, 0.3) is 0 Å². The molecule has 1 heterocycles. The molecule has 0 bridgehead atoms. The van der Waals surface area contributed by atoms with Gasteiger partial charge in [-0.3, -0.25) is 0 Å². The summed E-state index contributed by atoms with van der Waals surface area (Å²) in [5, 5.41) is 0.412. The van der Waals surface area contributed by atoms with E-state index >= 15 is 0 Å². The highest BCUT2D eigenvalue weighted by Crippen LogP contribution is 2.46. The number of hydrogen-bond acceptors (Lipinski definition) is 3. The van der Waals surface area contributed by atoms with Gasteiger partial charge in [-0.1, -0.05) is 11.6 Å². The molecule has 3 nitrogen and oxygen atoms in total. The summed E-state index contributed by atoms with van der Waals surface area (Å²) < 4.78 is 31.6. The smallest absolute Gasteiger partial charge is 0.248 e. The number of ether oxygens (including phenoxy) is 1. The average Bonchev–Trinajstić information content (AvgIpc) is 2.33. The largest absolute Gasteiger partial charge is 0.481 e. The van der Waals surface area contributed by atoms with Gasteiger partial charge < -0.3 is 10.5 Å². The van der Waals surface area contributed by atoms with Crippen LogP contribution in [0.3, 0.4) is 0 Å². The van der Waals surface area contributed by atoms with Crippen LogP contribution >= 0.6 is 11.6 Å². The number of nitrogens with zero attached hydrogens (tertiary/aromatic N) is 1. The Balaban J connectivity index is 2.37. The first-order valence-electron chi connectivity index (χ1n) is 5.74. The van der Waals surface area contributed by atoms with Crippen LogP contribution in [0, 0.1) is 0 Å². The van der Waals surface area contributed by atoms with Crippen molar-refractivity contribution in [1.82, 2.24) is 4.98 Å². The molecule has 0 radical (unpaired) electrons. The van der Waals surface area contributed by atoms with Crippen LogP contribution in [0.15, 0.2) is 12.3 Å². The van der Waals surface area contributed by atoms with E-state index in [1.54, 1.807) is 6.07 Å². The van der Waals surface area contributed by atoms with E-state index < -0.39 is 11.5 Å². The Hall–Kier alpha value is -0.940. The van der Waals surface area contributed by atoms with Gasteiger partial charge in [0.05, 0.1) is 17.7 Å². The van der Waals surface area contributed by atoms with Gasteiger partial charge >= 0.3 is 0 Å². The summed E-state index contributed by atoms with van der Waals surface area (Å²) in [4.78, 5) is 4.04. The predicted molar refractivity (Wildman–Crippen MR) is 65.1 cm³/mol. The molecule has 1 aliphatic carbocycles. The molecule has 18 heavy (non-hydrogen) atoms. The van der Waals surface area contributed by atoms with Gasteiger partial charge in [0.25, 0.3) is 0 Å². The molecule has 1 aromatic heterocycles. The number of halogens is 3. The molecule has 0 saturated heterocycles. The fourth-order valence-electron chi connectivity index (χ4n) is 2.34. The molecule has 0 aromatic carbocycles. The maximum Gasteiger partial charge on any atom is 0.248 e. The quantitative estimate of drug-likeness (QED) is 0.903. The van der Waals surface area contributed by atoms with E-state index in [-0.39, 0.29) is 25.7 Å². The second-order valence-corrected chi connectivity index (χ2v) is 5.10.